The molecule has 1 unspecified atom stereocenters. The van der Waals surface area contributed by atoms with Gasteiger partial charge in [-0.05, 0) is 33.4 Å². The summed E-state index contributed by atoms with van der Waals surface area (Å²) in [4.78, 5) is 2.44. The number of nitrogens with zero attached hydrogens (tertiary/aromatic N) is 1. The van der Waals surface area contributed by atoms with Crippen molar-refractivity contribution in [2.24, 2.45) is 0 Å². The molecule has 1 saturated heterocycles. The molecule has 2 atom stereocenters. The van der Waals surface area contributed by atoms with Crippen molar-refractivity contribution in [1.82, 2.24) is 4.90 Å². The van der Waals surface area contributed by atoms with Crippen LogP contribution >= 0.6 is 22.6 Å². The average molecular weight is 239 g/mol. The lowest BCUT2D eigenvalue weighted by Crippen LogP contribution is -2.37. The summed E-state index contributed by atoms with van der Waals surface area (Å²) >= 11 is 2.56. The number of likely N-dealkylation sites (tertiary alicyclic amines) is 1. The summed E-state index contributed by atoms with van der Waals surface area (Å²) in [6.45, 7) is 3.60. The Morgan fingerprint density at radius 2 is 2.22 bits per heavy atom. The molecule has 0 aromatic rings. The Hall–Kier alpha value is 0.690. The maximum atomic E-state index is 2.56. The molecule has 0 saturated carbocycles. The van der Waals surface area contributed by atoms with Crippen LogP contribution in [0.5, 0.6) is 0 Å². The van der Waals surface area contributed by atoms with Gasteiger partial charge in [0.2, 0.25) is 0 Å². The van der Waals surface area contributed by atoms with Crippen molar-refractivity contribution >= 4 is 22.6 Å². The number of alkyl halides is 1. The van der Waals surface area contributed by atoms with E-state index < -0.39 is 0 Å². The standard InChI is InChI=1S/C7H14IN/c1-6-5-7(8)3-4-9(6)2/h6-7H,3-5H2,1-2H3/t6-,7?/m1/s1. The molecule has 1 rings (SSSR count). The highest BCUT2D eigenvalue weighted by Crippen LogP contribution is 2.21. The number of piperidine rings is 1. The first-order valence-electron chi connectivity index (χ1n) is 3.54. The SMILES string of the molecule is C[C@@H]1CC(I)CCN1C. The summed E-state index contributed by atoms with van der Waals surface area (Å²) in [5, 5.41) is 0. The first-order valence-corrected chi connectivity index (χ1v) is 4.79. The minimum atomic E-state index is 0.806. The highest BCUT2D eigenvalue weighted by Gasteiger charge is 2.19. The Labute approximate surface area is 70.9 Å². The van der Waals surface area contributed by atoms with Gasteiger partial charge in [0, 0.05) is 9.97 Å². The molecule has 54 valence electrons. The Morgan fingerprint density at radius 3 is 2.67 bits per heavy atom. The highest BCUT2D eigenvalue weighted by atomic mass is 127. The molecule has 9 heavy (non-hydrogen) atoms. The van der Waals surface area contributed by atoms with Crippen LogP contribution in [-0.4, -0.2) is 28.5 Å². The van der Waals surface area contributed by atoms with Crippen LogP contribution in [0.1, 0.15) is 19.8 Å². The molecule has 1 heterocycles. The van der Waals surface area contributed by atoms with Crippen LogP contribution in [-0.2, 0) is 0 Å². The first-order chi connectivity index (χ1) is 4.20. The fraction of sp³-hybridized carbons (Fsp3) is 1.00. The van der Waals surface area contributed by atoms with Gasteiger partial charge >= 0.3 is 0 Å². The molecule has 0 aliphatic carbocycles. The molecule has 1 aliphatic heterocycles. The predicted molar refractivity (Wildman–Crippen MR) is 49.1 cm³/mol. The number of hydrogen-bond donors (Lipinski definition) is 0. The zero-order chi connectivity index (χ0) is 6.85. The zero-order valence-corrected chi connectivity index (χ0v) is 8.26. The molecule has 0 radical (unpaired) electrons. The highest BCUT2D eigenvalue weighted by molar-refractivity contribution is 14.1. The summed E-state index contributed by atoms with van der Waals surface area (Å²) in [7, 11) is 2.22. The fourth-order valence-corrected chi connectivity index (χ4v) is 2.25. The summed E-state index contributed by atoms with van der Waals surface area (Å²) in [5.41, 5.74) is 0. The third-order valence-electron chi connectivity index (χ3n) is 2.14. The van der Waals surface area contributed by atoms with E-state index in [1.165, 1.54) is 19.4 Å². The van der Waals surface area contributed by atoms with E-state index in [9.17, 15) is 0 Å². The fourth-order valence-electron chi connectivity index (χ4n) is 1.23. The molecule has 0 bridgehead atoms. The van der Waals surface area contributed by atoms with Crippen molar-refractivity contribution in [1.29, 1.82) is 0 Å². The van der Waals surface area contributed by atoms with Crippen LogP contribution in [0.2, 0.25) is 0 Å². The second-order valence-electron chi connectivity index (χ2n) is 2.95. The molecule has 0 aromatic heterocycles. The van der Waals surface area contributed by atoms with E-state index in [4.69, 9.17) is 0 Å². The Balaban J connectivity index is 2.35. The van der Waals surface area contributed by atoms with Gasteiger partial charge in [0.25, 0.3) is 0 Å². The van der Waals surface area contributed by atoms with E-state index in [0.717, 1.165) is 9.97 Å². The largest absolute Gasteiger partial charge is 0.304 e. The maximum absolute atomic E-state index is 2.56. The lowest BCUT2D eigenvalue weighted by Gasteiger charge is -2.32. The van der Waals surface area contributed by atoms with Gasteiger partial charge in [-0.25, -0.2) is 0 Å². The Morgan fingerprint density at radius 1 is 1.56 bits per heavy atom. The molecular formula is C7H14IN. The van der Waals surface area contributed by atoms with Crippen molar-refractivity contribution < 1.29 is 0 Å². The molecule has 1 fully saturated rings. The van der Waals surface area contributed by atoms with Crippen LogP contribution in [0.4, 0.5) is 0 Å². The van der Waals surface area contributed by atoms with E-state index in [1.54, 1.807) is 0 Å². The first kappa shape index (κ1) is 7.79. The van der Waals surface area contributed by atoms with Gasteiger partial charge in [-0.2, -0.15) is 0 Å². The topological polar surface area (TPSA) is 3.24 Å². The van der Waals surface area contributed by atoms with Gasteiger partial charge in [-0.3, -0.25) is 0 Å². The van der Waals surface area contributed by atoms with Gasteiger partial charge in [0.15, 0.2) is 0 Å². The van der Waals surface area contributed by atoms with Gasteiger partial charge in [0.05, 0.1) is 0 Å². The van der Waals surface area contributed by atoms with E-state index in [2.05, 4.69) is 41.5 Å². The van der Waals surface area contributed by atoms with E-state index in [0.29, 0.717) is 0 Å². The van der Waals surface area contributed by atoms with Gasteiger partial charge < -0.3 is 4.90 Å². The second-order valence-corrected chi connectivity index (χ2v) is 4.71. The van der Waals surface area contributed by atoms with Gasteiger partial charge in [0.1, 0.15) is 0 Å². The second kappa shape index (κ2) is 3.19. The lowest BCUT2D eigenvalue weighted by molar-refractivity contribution is 0.208. The average Bonchev–Trinajstić information content (AvgIpc) is 1.80. The minimum Gasteiger partial charge on any atom is -0.304 e. The zero-order valence-electron chi connectivity index (χ0n) is 6.10. The quantitative estimate of drug-likeness (QED) is 0.461. The normalized spacial score (nSPS) is 39.0. The predicted octanol–water partition coefficient (Wildman–Crippen LogP) is 1.90. The lowest BCUT2D eigenvalue weighted by atomic mass is 10.1. The number of halogens is 1. The van der Waals surface area contributed by atoms with Crippen molar-refractivity contribution in [3.8, 4) is 0 Å². The van der Waals surface area contributed by atoms with Gasteiger partial charge in [-0.15, -0.1) is 0 Å². The molecule has 0 amide bonds. The maximum Gasteiger partial charge on any atom is 0.0136 e. The third-order valence-corrected chi connectivity index (χ3v) is 3.28. The molecular weight excluding hydrogens is 225 g/mol. The van der Waals surface area contributed by atoms with Crippen LogP contribution in [0.15, 0.2) is 0 Å². The van der Waals surface area contributed by atoms with Crippen LogP contribution in [0.3, 0.4) is 0 Å². The summed E-state index contributed by atoms with van der Waals surface area (Å²) < 4.78 is 0.925. The van der Waals surface area contributed by atoms with Gasteiger partial charge in [-0.1, -0.05) is 22.6 Å². The molecule has 1 aliphatic rings. The van der Waals surface area contributed by atoms with E-state index >= 15 is 0 Å². The minimum absolute atomic E-state index is 0.806. The Kier molecular flexibility index (Phi) is 2.76. The third kappa shape index (κ3) is 2.08. The summed E-state index contributed by atoms with van der Waals surface area (Å²) in [6, 6.07) is 0.806. The molecule has 0 aromatic carbocycles. The molecule has 1 nitrogen and oxygen atoms in total. The van der Waals surface area contributed by atoms with E-state index in [1.807, 2.05) is 0 Å². The molecule has 0 spiro atoms. The smallest absolute Gasteiger partial charge is 0.0136 e. The Bertz CT molecular complexity index is 94.9. The monoisotopic (exact) mass is 239 g/mol. The van der Waals surface area contributed by atoms with Crippen molar-refractivity contribution in [3.05, 3.63) is 0 Å². The van der Waals surface area contributed by atoms with Crippen LogP contribution < -0.4 is 0 Å². The van der Waals surface area contributed by atoms with Crippen LogP contribution in [0, 0.1) is 0 Å². The number of hydrogen-bond acceptors (Lipinski definition) is 1. The summed E-state index contributed by atoms with van der Waals surface area (Å²) in [5.74, 6) is 0. The van der Waals surface area contributed by atoms with Crippen LogP contribution in [0.25, 0.3) is 0 Å². The van der Waals surface area contributed by atoms with Crippen molar-refractivity contribution in [2.45, 2.75) is 29.7 Å². The van der Waals surface area contributed by atoms with E-state index in [-0.39, 0.29) is 0 Å². The van der Waals surface area contributed by atoms with Crippen molar-refractivity contribution in [3.63, 3.8) is 0 Å². The summed E-state index contributed by atoms with van der Waals surface area (Å²) in [6.07, 6.45) is 2.75. The molecule has 0 N–H and O–H groups in total. The number of rotatable bonds is 0. The molecule has 2 heteroatoms. The van der Waals surface area contributed by atoms with Crippen molar-refractivity contribution in [2.75, 3.05) is 13.6 Å².